The van der Waals surface area contributed by atoms with Crippen molar-refractivity contribution >= 4 is 40.1 Å². The number of nitrogens with zero attached hydrogens (tertiary/aromatic N) is 2. The van der Waals surface area contributed by atoms with Crippen molar-refractivity contribution in [1.29, 1.82) is 0 Å². The van der Waals surface area contributed by atoms with Gasteiger partial charge in [0, 0.05) is 36.9 Å². The van der Waals surface area contributed by atoms with Gasteiger partial charge in [-0.25, -0.2) is 0 Å². The van der Waals surface area contributed by atoms with Gasteiger partial charge in [-0.1, -0.05) is 18.2 Å². The maximum atomic E-state index is 13.3. The average Bonchev–Trinajstić information content (AvgIpc) is 3.40. The summed E-state index contributed by atoms with van der Waals surface area (Å²) in [5, 5.41) is 5.11. The lowest BCUT2D eigenvalue weighted by molar-refractivity contribution is -0.136. The number of hydrogen-bond donors (Lipinski definition) is 1. The lowest BCUT2D eigenvalue weighted by Gasteiger charge is -2.16. The van der Waals surface area contributed by atoms with Gasteiger partial charge in [0.25, 0.3) is 11.8 Å². The third-order valence-electron chi connectivity index (χ3n) is 5.37. The molecule has 0 saturated heterocycles. The van der Waals surface area contributed by atoms with E-state index in [2.05, 4.69) is 5.32 Å². The van der Waals surface area contributed by atoms with Crippen LogP contribution in [0.25, 0.3) is 5.57 Å². The predicted octanol–water partition coefficient (Wildman–Crippen LogP) is 4.26. The van der Waals surface area contributed by atoms with Crippen molar-refractivity contribution in [2.24, 2.45) is 0 Å². The molecule has 32 heavy (non-hydrogen) atoms. The average molecular weight is 448 g/mol. The molecule has 2 aromatic carbocycles. The van der Waals surface area contributed by atoms with Gasteiger partial charge in [-0.2, -0.15) is 0 Å². The number of ether oxygens (including phenoxy) is 1. The molecule has 1 aromatic heterocycles. The standard InChI is InChI=1S/C25H25N3O3S/c1-27(2)19-10-8-18(9-11-19)26-23-22(21-5-4-16-32-21)24(29)28(25(23)30)15-14-17-6-12-20(31-3)13-7-17/h4-13,16,26H,14-15H2,1-3H3. The predicted molar refractivity (Wildman–Crippen MR) is 129 cm³/mol. The van der Waals surface area contributed by atoms with Gasteiger partial charge < -0.3 is 15.0 Å². The van der Waals surface area contributed by atoms with Gasteiger partial charge in [0.2, 0.25) is 0 Å². The van der Waals surface area contributed by atoms with Crippen LogP contribution in [0, 0.1) is 0 Å². The molecule has 0 bridgehead atoms. The second-order valence-electron chi connectivity index (χ2n) is 7.65. The second-order valence-corrected chi connectivity index (χ2v) is 8.60. The Morgan fingerprint density at radius 2 is 1.69 bits per heavy atom. The summed E-state index contributed by atoms with van der Waals surface area (Å²) in [4.78, 5) is 30.7. The lowest BCUT2D eigenvalue weighted by atomic mass is 10.1. The molecule has 1 aliphatic heterocycles. The van der Waals surface area contributed by atoms with Crippen LogP contribution >= 0.6 is 11.3 Å². The molecule has 2 amide bonds. The Kier molecular flexibility index (Phi) is 6.28. The zero-order valence-corrected chi connectivity index (χ0v) is 19.1. The number of amides is 2. The summed E-state index contributed by atoms with van der Waals surface area (Å²) in [6.45, 7) is 0.309. The molecule has 0 radical (unpaired) electrons. The third-order valence-corrected chi connectivity index (χ3v) is 6.26. The minimum absolute atomic E-state index is 0.265. The molecule has 0 saturated carbocycles. The van der Waals surface area contributed by atoms with Crippen molar-refractivity contribution in [3.8, 4) is 5.75 Å². The summed E-state index contributed by atoms with van der Waals surface area (Å²) in [5.41, 5.74) is 3.60. The molecule has 0 spiro atoms. The highest BCUT2D eigenvalue weighted by molar-refractivity contribution is 7.11. The topological polar surface area (TPSA) is 61.9 Å². The molecule has 1 aliphatic rings. The smallest absolute Gasteiger partial charge is 0.278 e. The minimum Gasteiger partial charge on any atom is -0.497 e. The Bertz CT molecular complexity index is 1130. The maximum absolute atomic E-state index is 13.3. The van der Waals surface area contributed by atoms with Crippen LogP contribution in [-0.4, -0.2) is 44.5 Å². The fraction of sp³-hybridized carbons (Fsp3) is 0.200. The van der Waals surface area contributed by atoms with Gasteiger partial charge in [-0.15, -0.1) is 11.3 Å². The number of imide groups is 1. The summed E-state index contributed by atoms with van der Waals surface area (Å²) in [7, 11) is 5.57. The fourth-order valence-electron chi connectivity index (χ4n) is 3.56. The van der Waals surface area contributed by atoms with Crippen LogP contribution in [0.4, 0.5) is 11.4 Å². The van der Waals surface area contributed by atoms with Crippen molar-refractivity contribution in [2.75, 3.05) is 38.0 Å². The summed E-state index contributed by atoms with van der Waals surface area (Å²) in [6, 6.07) is 19.2. The van der Waals surface area contributed by atoms with E-state index in [1.165, 1.54) is 16.2 Å². The highest BCUT2D eigenvalue weighted by atomic mass is 32.1. The fourth-order valence-corrected chi connectivity index (χ4v) is 4.33. The number of benzene rings is 2. The first-order valence-electron chi connectivity index (χ1n) is 10.3. The summed E-state index contributed by atoms with van der Waals surface area (Å²) in [5.74, 6) is 0.206. The van der Waals surface area contributed by atoms with E-state index in [4.69, 9.17) is 4.74 Å². The van der Waals surface area contributed by atoms with Gasteiger partial charge in [-0.05, 0) is 59.8 Å². The van der Waals surface area contributed by atoms with E-state index >= 15 is 0 Å². The number of nitrogens with one attached hydrogen (secondary N) is 1. The molecule has 3 aromatic rings. The Morgan fingerprint density at radius 3 is 2.28 bits per heavy atom. The Hall–Kier alpha value is -3.58. The SMILES string of the molecule is COc1ccc(CCN2C(=O)C(Nc3ccc(N(C)C)cc3)=C(c3cccs3)C2=O)cc1. The zero-order valence-electron chi connectivity index (χ0n) is 18.3. The van der Waals surface area contributed by atoms with E-state index in [1.807, 2.05) is 85.0 Å². The summed E-state index contributed by atoms with van der Waals surface area (Å²) < 4.78 is 5.19. The van der Waals surface area contributed by atoms with Crippen LogP contribution in [0.1, 0.15) is 10.4 Å². The minimum atomic E-state index is -0.302. The molecule has 0 atom stereocenters. The molecule has 164 valence electrons. The first kappa shape index (κ1) is 21.6. The number of carbonyl (C=O) groups excluding carboxylic acids is 2. The first-order valence-corrected chi connectivity index (χ1v) is 11.2. The maximum Gasteiger partial charge on any atom is 0.278 e. The zero-order chi connectivity index (χ0) is 22.7. The van der Waals surface area contributed by atoms with Crippen molar-refractivity contribution < 1.29 is 14.3 Å². The quantitative estimate of drug-likeness (QED) is 0.523. The van der Waals surface area contributed by atoms with E-state index in [1.54, 1.807) is 7.11 Å². The molecule has 6 nitrogen and oxygen atoms in total. The van der Waals surface area contributed by atoms with E-state index in [-0.39, 0.29) is 11.8 Å². The van der Waals surface area contributed by atoms with Crippen LogP contribution in [0.5, 0.6) is 5.75 Å². The molecule has 1 N–H and O–H groups in total. The third kappa shape index (κ3) is 4.38. The highest BCUT2D eigenvalue weighted by Crippen LogP contribution is 2.33. The summed E-state index contributed by atoms with van der Waals surface area (Å²) in [6.07, 6.45) is 0.573. The van der Waals surface area contributed by atoms with Crippen molar-refractivity contribution in [1.82, 2.24) is 4.90 Å². The van der Waals surface area contributed by atoms with E-state index in [0.29, 0.717) is 24.2 Å². The number of anilines is 2. The monoisotopic (exact) mass is 447 g/mol. The first-order chi connectivity index (χ1) is 15.5. The van der Waals surface area contributed by atoms with Crippen molar-refractivity contribution in [3.63, 3.8) is 0 Å². The lowest BCUT2D eigenvalue weighted by Crippen LogP contribution is -2.34. The Balaban J connectivity index is 1.57. The van der Waals surface area contributed by atoms with Gasteiger partial charge in [-0.3, -0.25) is 14.5 Å². The molecular formula is C25H25N3O3S. The number of carbonyl (C=O) groups is 2. The van der Waals surface area contributed by atoms with Crippen LogP contribution in [0.2, 0.25) is 0 Å². The Morgan fingerprint density at radius 1 is 0.969 bits per heavy atom. The summed E-state index contributed by atoms with van der Waals surface area (Å²) >= 11 is 1.45. The van der Waals surface area contributed by atoms with Gasteiger partial charge >= 0.3 is 0 Å². The number of thiophene rings is 1. The second kappa shape index (κ2) is 9.28. The molecule has 0 unspecified atom stereocenters. The molecule has 7 heteroatoms. The molecule has 4 rings (SSSR count). The van der Waals surface area contributed by atoms with E-state index in [0.717, 1.165) is 27.6 Å². The van der Waals surface area contributed by atoms with Crippen molar-refractivity contribution in [3.05, 3.63) is 82.2 Å². The van der Waals surface area contributed by atoms with E-state index < -0.39 is 0 Å². The largest absolute Gasteiger partial charge is 0.497 e. The molecule has 0 aliphatic carbocycles. The van der Waals surface area contributed by atoms with Crippen LogP contribution < -0.4 is 15.0 Å². The molecule has 0 fully saturated rings. The molecule has 2 heterocycles. The highest BCUT2D eigenvalue weighted by Gasteiger charge is 2.39. The van der Waals surface area contributed by atoms with Gasteiger partial charge in [0.1, 0.15) is 11.4 Å². The van der Waals surface area contributed by atoms with Crippen molar-refractivity contribution in [2.45, 2.75) is 6.42 Å². The van der Waals surface area contributed by atoms with Crippen LogP contribution in [0.3, 0.4) is 0 Å². The van der Waals surface area contributed by atoms with E-state index in [9.17, 15) is 9.59 Å². The number of hydrogen-bond acceptors (Lipinski definition) is 6. The molecular weight excluding hydrogens is 422 g/mol. The van der Waals surface area contributed by atoms with Crippen LogP contribution in [0.15, 0.2) is 71.7 Å². The normalized spacial score (nSPS) is 13.7. The number of methoxy groups -OCH3 is 1. The number of rotatable bonds is 8. The van der Waals surface area contributed by atoms with Crippen LogP contribution in [-0.2, 0) is 16.0 Å². The van der Waals surface area contributed by atoms with Gasteiger partial charge in [0.05, 0.1) is 12.7 Å². The Labute approximate surface area is 191 Å². The van der Waals surface area contributed by atoms with Gasteiger partial charge in [0.15, 0.2) is 0 Å².